The Hall–Kier alpha value is -7.78. The van der Waals surface area contributed by atoms with E-state index in [4.69, 9.17) is 0 Å². The second-order valence-corrected chi connectivity index (χ2v) is 17.8. The lowest BCUT2D eigenvalue weighted by Crippen LogP contribution is -2.26. The highest BCUT2D eigenvalue weighted by Crippen LogP contribution is 2.65. The van der Waals surface area contributed by atoms with Crippen molar-refractivity contribution in [3.63, 3.8) is 0 Å². The van der Waals surface area contributed by atoms with E-state index in [1.165, 1.54) is 98.1 Å². The van der Waals surface area contributed by atoms with Crippen LogP contribution in [-0.2, 0) is 5.41 Å². The molecule has 0 bridgehead atoms. The van der Waals surface area contributed by atoms with Gasteiger partial charge in [0.15, 0.2) is 0 Å². The topological polar surface area (TPSA) is 3.24 Å². The van der Waals surface area contributed by atoms with Gasteiger partial charge < -0.3 is 4.90 Å². The first-order chi connectivity index (χ1) is 31.3. The molecule has 63 heavy (non-hydrogen) atoms. The summed E-state index contributed by atoms with van der Waals surface area (Å²) in [6.45, 7) is 0. The van der Waals surface area contributed by atoms with Crippen LogP contribution in [-0.4, -0.2) is 0 Å². The monoisotopic (exact) mass is 817 g/mol. The molecule has 13 rings (SSSR count). The highest BCUT2D eigenvalue weighted by Gasteiger charge is 2.52. The van der Waals surface area contributed by atoms with Crippen LogP contribution in [0.4, 0.5) is 17.1 Å². The van der Waals surface area contributed by atoms with Crippen LogP contribution in [0.1, 0.15) is 22.3 Å². The van der Waals surface area contributed by atoms with Crippen LogP contribution in [0.5, 0.6) is 0 Å². The first-order valence-corrected chi connectivity index (χ1v) is 22.6. The Labute approximate surface area is 371 Å². The molecule has 1 spiro atoms. The van der Waals surface area contributed by atoms with E-state index in [0.717, 1.165) is 17.1 Å². The van der Waals surface area contributed by atoms with Crippen molar-refractivity contribution in [3.05, 3.63) is 259 Å². The van der Waals surface area contributed by atoms with Crippen LogP contribution >= 0.6 is 11.3 Å². The fourth-order valence-corrected chi connectivity index (χ4v) is 12.1. The van der Waals surface area contributed by atoms with Crippen molar-refractivity contribution in [1.29, 1.82) is 0 Å². The fraction of sp³-hybridized carbons (Fsp3) is 0.0164. The number of rotatable bonds is 6. The summed E-state index contributed by atoms with van der Waals surface area (Å²) < 4.78 is 2.59. The van der Waals surface area contributed by atoms with Gasteiger partial charge in [-0.05, 0) is 103 Å². The van der Waals surface area contributed by atoms with E-state index in [9.17, 15) is 0 Å². The van der Waals surface area contributed by atoms with Gasteiger partial charge in [-0.1, -0.05) is 200 Å². The number of thiophene rings is 1. The molecule has 1 nitrogen and oxygen atoms in total. The van der Waals surface area contributed by atoms with Crippen molar-refractivity contribution < 1.29 is 0 Å². The zero-order valence-electron chi connectivity index (χ0n) is 34.4. The highest BCUT2D eigenvalue weighted by atomic mass is 32.1. The largest absolute Gasteiger partial charge is 0.309 e. The molecule has 11 aromatic rings. The molecule has 0 saturated carbocycles. The third-order valence-electron chi connectivity index (χ3n) is 13.5. The molecule has 0 fully saturated rings. The van der Waals surface area contributed by atoms with Gasteiger partial charge in [0.05, 0.1) is 16.8 Å². The van der Waals surface area contributed by atoms with E-state index >= 15 is 0 Å². The van der Waals surface area contributed by atoms with Crippen LogP contribution in [0.25, 0.3) is 75.8 Å². The van der Waals surface area contributed by atoms with Gasteiger partial charge in [-0.2, -0.15) is 0 Å². The average Bonchev–Trinajstić information content (AvgIpc) is 3.99. The molecule has 2 aliphatic carbocycles. The predicted molar refractivity (Wildman–Crippen MR) is 267 cm³/mol. The summed E-state index contributed by atoms with van der Waals surface area (Å²) in [6, 6.07) is 87.9. The van der Waals surface area contributed by atoms with Gasteiger partial charge in [-0.25, -0.2) is 0 Å². The molecule has 2 heteroatoms. The lowest BCUT2D eigenvalue weighted by molar-refractivity contribution is 0.794. The first kappa shape index (κ1) is 35.9. The quantitative estimate of drug-likeness (QED) is 0.162. The molecular weight excluding hydrogens is 779 g/mol. The summed E-state index contributed by atoms with van der Waals surface area (Å²) in [6.07, 6.45) is 0. The predicted octanol–water partition coefficient (Wildman–Crippen LogP) is 16.9. The van der Waals surface area contributed by atoms with Crippen molar-refractivity contribution in [1.82, 2.24) is 0 Å². The van der Waals surface area contributed by atoms with E-state index in [2.05, 4.69) is 241 Å². The lowest BCUT2D eigenvalue weighted by atomic mass is 9.70. The van der Waals surface area contributed by atoms with Crippen molar-refractivity contribution in [2.45, 2.75) is 5.41 Å². The van der Waals surface area contributed by atoms with Crippen molar-refractivity contribution in [3.8, 4) is 55.6 Å². The van der Waals surface area contributed by atoms with Crippen molar-refractivity contribution in [2.75, 3.05) is 4.90 Å². The maximum Gasteiger partial charge on any atom is 0.0726 e. The molecule has 0 radical (unpaired) electrons. The number of para-hydroxylation sites is 1. The molecule has 10 aromatic carbocycles. The molecule has 0 amide bonds. The number of nitrogens with zero attached hydrogens (tertiary/aromatic N) is 1. The molecule has 2 aliphatic rings. The summed E-state index contributed by atoms with van der Waals surface area (Å²) in [4.78, 5) is 2.56. The molecular formula is C61H39NS. The lowest BCUT2D eigenvalue weighted by Gasteiger charge is -2.32. The van der Waals surface area contributed by atoms with Gasteiger partial charge in [-0.3, -0.25) is 0 Å². The Morgan fingerprint density at radius 2 is 0.778 bits per heavy atom. The minimum atomic E-state index is -0.457. The summed E-state index contributed by atoms with van der Waals surface area (Å²) in [5, 5.41) is 2.56. The maximum absolute atomic E-state index is 2.56. The van der Waals surface area contributed by atoms with E-state index in [-0.39, 0.29) is 0 Å². The molecule has 0 saturated heterocycles. The number of anilines is 3. The SMILES string of the molecule is c1ccc(-c2ccccc2-c2ccccc2-c2ccccc2N(c2ccc3sc4ccccc4c3c2)c2cccc3c2-c2ccccc2C32c3ccccc3-c3ccccc32)cc1. The maximum atomic E-state index is 2.56. The number of hydrogen-bond acceptors (Lipinski definition) is 2. The van der Waals surface area contributed by atoms with Crippen molar-refractivity contribution in [2.24, 2.45) is 0 Å². The molecule has 0 aliphatic heterocycles. The van der Waals surface area contributed by atoms with Crippen LogP contribution in [0.2, 0.25) is 0 Å². The van der Waals surface area contributed by atoms with E-state index < -0.39 is 5.41 Å². The molecule has 1 aromatic heterocycles. The van der Waals surface area contributed by atoms with E-state index in [1.54, 1.807) is 0 Å². The average molecular weight is 818 g/mol. The molecule has 0 atom stereocenters. The number of benzene rings is 10. The van der Waals surface area contributed by atoms with Gasteiger partial charge in [0.25, 0.3) is 0 Å². The van der Waals surface area contributed by atoms with Gasteiger partial charge in [-0.15, -0.1) is 11.3 Å². The summed E-state index contributed by atoms with van der Waals surface area (Å²) in [7, 11) is 0. The first-order valence-electron chi connectivity index (χ1n) is 21.8. The number of hydrogen-bond donors (Lipinski definition) is 0. The van der Waals surface area contributed by atoms with Crippen LogP contribution in [0.3, 0.4) is 0 Å². The normalized spacial score (nSPS) is 12.9. The Kier molecular flexibility index (Phi) is 8.06. The fourth-order valence-electron chi connectivity index (χ4n) is 11.0. The second kappa shape index (κ2) is 14.1. The third kappa shape index (κ3) is 5.22. The van der Waals surface area contributed by atoms with Crippen molar-refractivity contribution >= 4 is 48.6 Å². The molecule has 0 unspecified atom stereocenters. The van der Waals surface area contributed by atoms with Crippen LogP contribution < -0.4 is 4.90 Å². The van der Waals surface area contributed by atoms with E-state index in [0.29, 0.717) is 0 Å². The Morgan fingerprint density at radius 3 is 1.49 bits per heavy atom. The van der Waals surface area contributed by atoms with E-state index in [1.807, 2.05) is 11.3 Å². The molecule has 0 N–H and O–H groups in total. The van der Waals surface area contributed by atoms with Gasteiger partial charge in [0, 0.05) is 37.0 Å². The second-order valence-electron chi connectivity index (χ2n) is 16.7. The third-order valence-corrected chi connectivity index (χ3v) is 14.7. The minimum absolute atomic E-state index is 0.457. The van der Waals surface area contributed by atoms with Gasteiger partial charge >= 0.3 is 0 Å². The van der Waals surface area contributed by atoms with Gasteiger partial charge in [0.1, 0.15) is 0 Å². The van der Waals surface area contributed by atoms with Crippen LogP contribution in [0, 0.1) is 0 Å². The molecule has 1 heterocycles. The zero-order chi connectivity index (χ0) is 41.5. The summed E-state index contributed by atoms with van der Waals surface area (Å²) in [5.74, 6) is 0. The molecule has 294 valence electrons. The smallest absolute Gasteiger partial charge is 0.0726 e. The summed E-state index contributed by atoms with van der Waals surface area (Å²) in [5.41, 5.74) is 20.7. The Bertz CT molecular complexity index is 3550. The zero-order valence-corrected chi connectivity index (χ0v) is 35.2. The Morgan fingerprint density at radius 1 is 0.302 bits per heavy atom. The minimum Gasteiger partial charge on any atom is -0.309 e. The highest BCUT2D eigenvalue weighted by molar-refractivity contribution is 7.25. The summed E-state index contributed by atoms with van der Waals surface area (Å²) >= 11 is 1.86. The van der Waals surface area contributed by atoms with Crippen LogP contribution in [0.15, 0.2) is 237 Å². The van der Waals surface area contributed by atoms with Gasteiger partial charge in [0.2, 0.25) is 0 Å². The standard InChI is InChI=1S/C61H39NS/c1-2-19-40(20-3-1)42-21-4-5-22-43(42)44-23-6-7-24-45(44)48-27-11-16-34-56(48)62(41-37-38-59-51(39-41)49-28-12-17-36-58(49)63-59)57-35-18-33-55-60(57)50-29-10-15-32-54(50)61(55)52-30-13-8-25-46(52)47-26-9-14-31-53(47)61/h1-39H. The Balaban J connectivity index is 1.11. The number of fused-ring (bicyclic) bond motifs is 13.